The monoisotopic (exact) mass is 422 g/mol. The third-order valence-corrected chi connectivity index (χ3v) is 5.93. The zero-order chi connectivity index (χ0) is 21.8. The maximum absolute atomic E-state index is 14.1. The van der Waals surface area contributed by atoms with Crippen molar-refractivity contribution < 1.29 is 18.7 Å². The molecule has 162 valence electrons. The van der Waals surface area contributed by atoms with Gasteiger partial charge in [0.05, 0.1) is 6.04 Å². The van der Waals surface area contributed by atoms with E-state index in [-0.39, 0.29) is 36.3 Å². The van der Waals surface area contributed by atoms with Gasteiger partial charge in [-0.1, -0.05) is 54.4 Å². The lowest BCUT2D eigenvalue weighted by atomic mass is 9.89. The Morgan fingerprint density at radius 2 is 1.90 bits per heavy atom. The Balaban J connectivity index is 1.49. The fourth-order valence-electron chi connectivity index (χ4n) is 4.21. The first-order chi connectivity index (χ1) is 15.0. The molecule has 6 heteroatoms. The minimum absolute atomic E-state index is 0.0379. The van der Waals surface area contributed by atoms with Crippen LogP contribution in [0.5, 0.6) is 0 Å². The summed E-state index contributed by atoms with van der Waals surface area (Å²) in [4.78, 5) is 27.4. The van der Waals surface area contributed by atoms with Crippen LogP contribution < -0.4 is 5.32 Å². The second-order valence-corrected chi connectivity index (χ2v) is 8.23. The number of carbonyl (C=O) groups excluding carboxylic acids is 2. The molecule has 2 amide bonds. The Morgan fingerprint density at radius 3 is 2.68 bits per heavy atom. The summed E-state index contributed by atoms with van der Waals surface area (Å²) in [6.07, 6.45) is 4.89. The molecular formula is C25H27FN2O3. The summed E-state index contributed by atoms with van der Waals surface area (Å²) in [6, 6.07) is 14.1. The minimum atomic E-state index is -0.417. The van der Waals surface area contributed by atoms with Crippen molar-refractivity contribution in [3.05, 3.63) is 76.8 Å². The van der Waals surface area contributed by atoms with Crippen LogP contribution in [0.1, 0.15) is 42.4 Å². The van der Waals surface area contributed by atoms with Gasteiger partial charge in [0.25, 0.3) is 5.91 Å². The molecule has 1 saturated heterocycles. The molecule has 0 spiro atoms. The second-order valence-electron chi connectivity index (χ2n) is 8.23. The van der Waals surface area contributed by atoms with Crippen molar-refractivity contribution in [2.45, 2.75) is 51.3 Å². The molecule has 1 aliphatic heterocycles. The number of morpholine rings is 1. The van der Waals surface area contributed by atoms with Crippen molar-refractivity contribution in [3.63, 3.8) is 0 Å². The van der Waals surface area contributed by atoms with E-state index in [2.05, 4.69) is 5.32 Å². The number of rotatable bonds is 5. The van der Waals surface area contributed by atoms with Crippen LogP contribution >= 0.6 is 0 Å². The van der Waals surface area contributed by atoms with Crippen LogP contribution in [0.15, 0.2) is 54.3 Å². The van der Waals surface area contributed by atoms with Gasteiger partial charge in [-0.2, -0.15) is 0 Å². The molecule has 0 bridgehead atoms. The first-order valence-corrected chi connectivity index (χ1v) is 10.8. The van der Waals surface area contributed by atoms with Crippen LogP contribution in [-0.4, -0.2) is 35.4 Å². The van der Waals surface area contributed by atoms with Crippen LogP contribution in [0.4, 0.5) is 4.39 Å². The predicted octanol–water partition coefficient (Wildman–Crippen LogP) is 3.96. The van der Waals surface area contributed by atoms with Crippen molar-refractivity contribution >= 4 is 17.9 Å². The van der Waals surface area contributed by atoms with Crippen LogP contribution in [0.3, 0.4) is 0 Å². The average Bonchev–Trinajstić information content (AvgIpc) is 2.77. The van der Waals surface area contributed by atoms with E-state index in [9.17, 15) is 14.0 Å². The number of halogens is 1. The van der Waals surface area contributed by atoms with E-state index in [1.807, 2.05) is 31.2 Å². The molecule has 2 atom stereocenters. The van der Waals surface area contributed by atoms with Gasteiger partial charge in [-0.05, 0) is 43.9 Å². The Morgan fingerprint density at radius 1 is 1.16 bits per heavy atom. The van der Waals surface area contributed by atoms with E-state index < -0.39 is 5.82 Å². The summed E-state index contributed by atoms with van der Waals surface area (Å²) in [5.74, 6) is -0.901. The fourth-order valence-corrected chi connectivity index (χ4v) is 4.21. The van der Waals surface area contributed by atoms with Gasteiger partial charge in [0.1, 0.15) is 18.5 Å². The Bertz CT molecular complexity index is 987. The molecule has 4 rings (SSSR count). The summed E-state index contributed by atoms with van der Waals surface area (Å²) in [7, 11) is 0. The number of hydrogen-bond donors (Lipinski definition) is 1. The fraction of sp³-hybridized carbons (Fsp3) is 0.360. The number of nitrogens with one attached hydrogen (secondary N) is 1. The van der Waals surface area contributed by atoms with Gasteiger partial charge in [0.2, 0.25) is 5.91 Å². The molecule has 2 fully saturated rings. The Kier molecular flexibility index (Phi) is 6.35. The molecule has 1 aliphatic carbocycles. The lowest BCUT2D eigenvalue weighted by Crippen LogP contribution is -2.57. The van der Waals surface area contributed by atoms with Crippen LogP contribution in [0.25, 0.3) is 6.08 Å². The molecule has 2 aromatic rings. The van der Waals surface area contributed by atoms with Gasteiger partial charge >= 0.3 is 0 Å². The van der Waals surface area contributed by atoms with E-state index >= 15 is 0 Å². The number of aryl methyl sites for hydroxylation is 1. The van der Waals surface area contributed by atoms with Gasteiger partial charge < -0.3 is 15.0 Å². The molecule has 1 heterocycles. The van der Waals surface area contributed by atoms with E-state index in [1.54, 1.807) is 23.1 Å². The summed E-state index contributed by atoms with van der Waals surface area (Å²) >= 11 is 0. The van der Waals surface area contributed by atoms with Crippen LogP contribution in [-0.2, 0) is 20.9 Å². The van der Waals surface area contributed by atoms with Crippen molar-refractivity contribution in [3.8, 4) is 0 Å². The molecule has 0 radical (unpaired) electrons. The second kappa shape index (κ2) is 9.33. The highest BCUT2D eigenvalue weighted by Crippen LogP contribution is 2.33. The number of fused-ring (bicyclic) bond motifs is 1. The van der Waals surface area contributed by atoms with Gasteiger partial charge in [0, 0.05) is 12.1 Å². The third-order valence-electron chi connectivity index (χ3n) is 5.93. The first-order valence-electron chi connectivity index (χ1n) is 10.8. The largest absolute Gasteiger partial charge is 0.482 e. The van der Waals surface area contributed by atoms with Crippen LogP contribution in [0, 0.1) is 12.7 Å². The lowest BCUT2D eigenvalue weighted by Gasteiger charge is -2.44. The third kappa shape index (κ3) is 4.95. The maximum Gasteiger partial charge on any atom is 0.289 e. The zero-order valence-corrected chi connectivity index (χ0v) is 17.6. The summed E-state index contributed by atoms with van der Waals surface area (Å²) < 4.78 is 20.1. The Labute approximate surface area is 181 Å². The smallest absolute Gasteiger partial charge is 0.289 e. The summed E-state index contributed by atoms with van der Waals surface area (Å²) in [6.45, 7) is 2.38. The minimum Gasteiger partial charge on any atom is -0.482 e. The Hall–Kier alpha value is -3.15. The van der Waals surface area contributed by atoms with Crippen molar-refractivity contribution in [1.82, 2.24) is 10.2 Å². The molecule has 1 saturated carbocycles. The van der Waals surface area contributed by atoms with Gasteiger partial charge in [-0.15, -0.1) is 0 Å². The number of hydrogen-bond acceptors (Lipinski definition) is 3. The number of nitrogens with zero attached hydrogens (tertiary/aromatic N) is 1. The standard InChI is InChI=1S/C25H27FN2O3/c1-17-10-12-18(13-11-17)15-27-24(29)16-28-21-8-4-5-9-22(21)31-23(25(28)30)14-19-6-2-3-7-20(19)26/h2-3,6-7,10-14,21-22H,4-5,8-9,15-16H2,1H3,(H,27,29)/b23-14-. The van der Waals surface area contributed by atoms with Crippen molar-refractivity contribution in [2.24, 2.45) is 0 Å². The van der Waals surface area contributed by atoms with E-state index in [1.165, 1.54) is 12.1 Å². The summed E-state index contributed by atoms with van der Waals surface area (Å²) in [5, 5.41) is 2.90. The highest BCUT2D eigenvalue weighted by molar-refractivity contribution is 5.98. The normalized spacial score (nSPS) is 22.1. The van der Waals surface area contributed by atoms with E-state index in [4.69, 9.17) is 4.74 Å². The average molecular weight is 423 g/mol. The van der Waals surface area contributed by atoms with E-state index in [0.29, 0.717) is 12.1 Å². The summed E-state index contributed by atoms with van der Waals surface area (Å²) in [5.41, 5.74) is 2.46. The van der Waals surface area contributed by atoms with Crippen LogP contribution in [0.2, 0.25) is 0 Å². The van der Waals surface area contributed by atoms with Gasteiger partial charge in [-0.3, -0.25) is 9.59 Å². The number of benzene rings is 2. The maximum atomic E-state index is 14.1. The quantitative estimate of drug-likeness (QED) is 0.742. The van der Waals surface area contributed by atoms with E-state index in [0.717, 1.165) is 36.8 Å². The van der Waals surface area contributed by atoms with Crippen molar-refractivity contribution in [1.29, 1.82) is 0 Å². The first kappa shape index (κ1) is 21.1. The molecule has 1 N–H and O–H groups in total. The highest BCUT2D eigenvalue weighted by atomic mass is 19.1. The van der Waals surface area contributed by atoms with Gasteiger partial charge in [-0.25, -0.2) is 4.39 Å². The molecular weight excluding hydrogens is 395 g/mol. The van der Waals surface area contributed by atoms with Crippen molar-refractivity contribution in [2.75, 3.05) is 6.54 Å². The highest BCUT2D eigenvalue weighted by Gasteiger charge is 2.42. The molecule has 31 heavy (non-hydrogen) atoms. The number of ether oxygens (including phenoxy) is 1. The molecule has 2 unspecified atom stereocenters. The lowest BCUT2D eigenvalue weighted by molar-refractivity contribution is -0.151. The molecule has 0 aromatic heterocycles. The number of amides is 2. The molecule has 2 aromatic carbocycles. The molecule has 2 aliphatic rings. The predicted molar refractivity (Wildman–Crippen MR) is 116 cm³/mol. The number of carbonyl (C=O) groups is 2. The zero-order valence-electron chi connectivity index (χ0n) is 17.6. The SMILES string of the molecule is Cc1ccc(CNC(=O)CN2C(=O)/C(=C/c3ccccc3F)OC3CCCCC32)cc1. The van der Waals surface area contributed by atoms with Gasteiger partial charge in [0.15, 0.2) is 5.76 Å². The topological polar surface area (TPSA) is 58.6 Å². The molecule has 5 nitrogen and oxygen atoms in total.